The molecule has 2 unspecified atom stereocenters. The van der Waals surface area contributed by atoms with Crippen molar-refractivity contribution in [3.63, 3.8) is 0 Å². The van der Waals surface area contributed by atoms with Crippen molar-refractivity contribution in [2.24, 2.45) is 10.4 Å². The van der Waals surface area contributed by atoms with Gasteiger partial charge in [0.05, 0.1) is 6.04 Å². The highest BCUT2D eigenvalue weighted by molar-refractivity contribution is 14.0. The second-order valence-corrected chi connectivity index (χ2v) is 7.94. The lowest BCUT2D eigenvalue weighted by molar-refractivity contribution is -0.119. The molecular weight excluding hydrogens is 472 g/mol. The van der Waals surface area contributed by atoms with E-state index in [1.165, 1.54) is 12.1 Å². The van der Waals surface area contributed by atoms with E-state index in [-0.39, 0.29) is 47.2 Å². The third-order valence-electron chi connectivity index (χ3n) is 5.70. The van der Waals surface area contributed by atoms with E-state index in [0.29, 0.717) is 13.0 Å². The molecule has 1 aromatic carbocycles. The van der Waals surface area contributed by atoms with Gasteiger partial charge in [-0.25, -0.2) is 4.39 Å². The van der Waals surface area contributed by atoms with Gasteiger partial charge in [-0.1, -0.05) is 12.1 Å². The highest BCUT2D eigenvalue weighted by Gasteiger charge is 2.42. The van der Waals surface area contributed by atoms with Crippen LogP contribution in [0.25, 0.3) is 0 Å². The number of piperidine rings is 1. The van der Waals surface area contributed by atoms with E-state index in [0.717, 1.165) is 44.0 Å². The first kappa shape index (κ1) is 22.9. The smallest absolute Gasteiger partial charge is 0.220 e. The number of halogens is 2. The zero-order valence-electron chi connectivity index (χ0n) is 16.9. The normalized spacial score (nSPS) is 23.5. The van der Waals surface area contributed by atoms with Crippen LogP contribution in [0, 0.1) is 11.2 Å². The predicted molar refractivity (Wildman–Crippen MR) is 120 cm³/mol. The van der Waals surface area contributed by atoms with Crippen molar-refractivity contribution in [1.82, 2.24) is 20.4 Å². The highest BCUT2D eigenvalue weighted by atomic mass is 127. The molecule has 28 heavy (non-hydrogen) atoms. The van der Waals surface area contributed by atoms with Crippen molar-refractivity contribution in [3.05, 3.63) is 35.6 Å². The maximum atomic E-state index is 13.3. The maximum Gasteiger partial charge on any atom is 0.220 e. The summed E-state index contributed by atoms with van der Waals surface area (Å²) in [5.41, 5.74) is 1.09. The monoisotopic (exact) mass is 503 g/mol. The van der Waals surface area contributed by atoms with E-state index in [9.17, 15) is 9.18 Å². The second kappa shape index (κ2) is 9.87. The quantitative estimate of drug-likeness (QED) is 0.376. The Morgan fingerprint density at radius 1 is 1.39 bits per heavy atom. The Morgan fingerprint density at radius 2 is 2.11 bits per heavy atom. The number of aliphatic imine (C=N–C) groups is 1. The van der Waals surface area contributed by atoms with Gasteiger partial charge in [0.25, 0.3) is 0 Å². The van der Waals surface area contributed by atoms with Crippen LogP contribution in [-0.4, -0.2) is 69.0 Å². The molecule has 0 radical (unpaired) electrons. The second-order valence-electron chi connectivity index (χ2n) is 7.94. The van der Waals surface area contributed by atoms with Crippen LogP contribution < -0.4 is 10.6 Å². The SMILES string of the molecule is CN=C(NCC(c1ccc(F)cc1)N(C)C)N1CCCC2(CNC(=O)C2)C1.I. The van der Waals surface area contributed by atoms with Crippen LogP contribution in [0.2, 0.25) is 0 Å². The van der Waals surface area contributed by atoms with Gasteiger partial charge in [0.1, 0.15) is 5.82 Å². The summed E-state index contributed by atoms with van der Waals surface area (Å²) in [6.07, 6.45) is 2.75. The Kier molecular flexibility index (Phi) is 8.06. The molecule has 1 amide bonds. The van der Waals surface area contributed by atoms with Gasteiger partial charge >= 0.3 is 0 Å². The predicted octanol–water partition coefficient (Wildman–Crippen LogP) is 2.22. The molecule has 0 aliphatic carbocycles. The summed E-state index contributed by atoms with van der Waals surface area (Å²) in [6, 6.07) is 6.76. The number of carbonyl (C=O) groups is 1. The van der Waals surface area contributed by atoms with Gasteiger partial charge in [-0.15, -0.1) is 24.0 Å². The van der Waals surface area contributed by atoms with Crippen LogP contribution in [0.4, 0.5) is 4.39 Å². The van der Waals surface area contributed by atoms with E-state index in [1.807, 2.05) is 26.2 Å². The minimum absolute atomic E-state index is 0. The van der Waals surface area contributed by atoms with Crippen LogP contribution in [0.3, 0.4) is 0 Å². The lowest BCUT2D eigenvalue weighted by atomic mass is 9.79. The van der Waals surface area contributed by atoms with Crippen molar-refractivity contribution in [3.8, 4) is 0 Å². The van der Waals surface area contributed by atoms with E-state index in [2.05, 4.69) is 25.4 Å². The first-order valence-corrected chi connectivity index (χ1v) is 9.57. The number of rotatable bonds is 4. The molecule has 0 saturated carbocycles. The summed E-state index contributed by atoms with van der Waals surface area (Å²) in [5, 5.41) is 6.47. The molecule has 1 aromatic rings. The fraction of sp³-hybridized carbons (Fsp3) is 0.600. The summed E-state index contributed by atoms with van der Waals surface area (Å²) < 4.78 is 13.3. The number of nitrogens with one attached hydrogen (secondary N) is 2. The number of likely N-dealkylation sites (N-methyl/N-ethyl adjacent to an activating group) is 1. The first-order valence-electron chi connectivity index (χ1n) is 9.57. The number of benzene rings is 1. The Bertz CT molecular complexity index is 696. The zero-order chi connectivity index (χ0) is 19.4. The summed E-state index contributed by atoms with van der Waals surface area (Å²) >= 11 is 0. The van der Waals surface area contributed by atoms with Gasteiger partial charge in [0, 0.05) is 45.1 Å². The maximum absolute atomic E-state index is 13.3. The molecule has 1 spiro atoms. The number of likely N-dealkylation sites (tertiary alicyclic amines) is 1. The number of hydrogen-bond donors (Lipinski definition) is 2. The minimum Gasteiger partial charge on any atom is -0.355 e. The van der Waals surface area contributed by atoms with E-state index in [1.54, 1.807) is 7.05 Å². The van der Waals surface area contributed by atoms with Gasteiger partial charge in [-0.05, 0) is 44.6 Å². The van der Waals surface area contributed by atoms with E-state index < -0.39 is 0 Å². The van der Waals surface area contributed by atoms with Crippen LogP contribution in [0.1, 0.15) is 30.9 Å². The van der Waals surface area contributed by atoms with Gasteiger partial charge in [0.2, 0.25) is 5.91 Å². The van der Waals surface area contributed by atoms with Gasteiger partial charge in [-0.3, -0.25) is 9.79 Å². The molecule has 8 heteroatoms. The van der Waals surface area contributed by atoms with E-state index >= 15 is 0 Å². The molecule has 156 valence electrons. The highest BCUT2D eigenvalue weighted by Crippen LogP contribution is 2.36. The van der Waals surface area contributed by atoms with Crippen molar-refractivity contribution >= 4 is 35.8 Å². The standard InChI is InChI=1S/C20H30FN5O.HI/c1-22-19(26-10-4-9-20(14-26)11-18(27)24-13-20)23-12-17(25(2)3)15-5-7-16(21)8-6-15;/h5-8,17H,4,9-14H2,1-3H3,(H,22,23)(H,24,27);1H. The molecule has 2 saturated heterocycles. The average molecular weight is 503 g/mol. The Morgan fingerprint density at radius 3 is 2.68 bits per heavy atom. The molecule has 3 rings (SSSR count). The average Bonchev–Trinajstić information content (AvgIpc) is 2.99. The van der Waals surface area contributed by atoms with Crippen molar-refractivity contribution < 1.29 is 9.18 Å². The summed E-state index contributed by atoms with van der Waals surface area (Å²) in [5.74, 6) is 0.796. The van der Waals surface area contributed by atoms with Gasteiger partial charge in [-0.2, -0.15) is 0 Å². The molecule has 2 aliphatic heterocycles. The van der Waals surface area contributed by atoms with Gasteiger partial charge < -0.3 is 20.4 Å². The van der Waals surface area contributed by atoms with Crippen LogP contribution >= 0.6 is 24.0 Å². The van der Waals surface area contributed by atoms with Crippen molar-refractivity contribution in [1.29, 1.82) is 0 Å². The molecule has 6 nitrogen and oxygen atoms in total. The number of hydrogen-bond acceptors (Lipinski definition) is 3. The number of amides is 1. The number of nitrogens with zero attached hydrogens (tertiary/aromatic N) is 3. The molecular formula is C20H31FIN5O. The Labute approximate surface area is 184 Å². The fourth-order valence-electron chi connectivity index (χ4n) is 4.23. The molecule has 2 aliphatic rings. The van der Waals surface area contributed by atoms with E-state index in [4.69, 9.17) is 0 Å². The third kappa shape index (κ3) is 5.34. The molecule has 2 N–H and O–H groups in total. The summed E-state index contributed by atoms with van der Waals surface area (Å²) in [6.45, 7) is 3.22. The van der Waals surface area contributed by atoms with Crippen molar-refractivity contribution in [2.75, 3.05) is 47.3 Å². The largest absolute Gasteiger partial charge is 0.355 e. The minimum atomic E-state index is -0.224. The number of guanidine groups is 1. The molecule has 0 bridgehead atoms. The summed E-state index contributed by atoms with van der Waals surface area (Å²) in [4.78, 5) is 20.6. The third-order valence-corrected chi connectivity index (χ3v) is 5.70. The van der Waals surface area contributed by atoms with Gasteiger partial charge in [0.15, 0.2) is 5.96 Å². The molecule has 0 aromatic heterocycles. The van der Waals surface area contributed by atoms with Crippen LogP contribution in [-0.2, 0) is 4.79 Å². The first-order chi connectivity index (χ1) is 12.9. The topological polar surface area (TPSA) is 60.0 Å². The lowest BCUT2D eigenvalue weighted by Gasteiger charge is -2.41. The molecule has 2 fully saturated rings. The summed E-state index contributed by atoms with van der Waals surface area (Å²) in [7, 11) is 5.83. The van der Waals surface area contributed by atoms with Crippen LogP contribution in [0.15, 0.2) is 29.3 Å². The van der Waals surface area contributed by atoms with Crippen molar-refractivity contribution in [2.45, 2.75) is 25.3 Å². The Hall–Kier alpha value is -1.42. The number of carbonyl (C=O) groups excluding carboxylic acids is 1. The fourth-order valence-corrected chi connectivity index (χ4v) is 4.23. The molecule has 2 atom stereocenters. The van der Waals surface area contributed by atoms with Crippen LogP contribution in [0.5, 0.6) is 0 Å². The lowest BCUT2D eigenvalue weighted by Crippen LogP contribution is -2.52. The zero-order valence-corrected chi connectivity index (χ0v) is 19.2. The Balaban J connectivity index is 0.00000280. The molecule has 2 heterocycles.